The number of carbonyl (C=O) groups excluding carboxylic acids is 2. The largest absolute Gasteiger partial charge is 0.346 e. The molecule has 3 nitrogen and oxygen atoms in total. The number of hydrogen-bond donors (Lipinski definition) is 1. The maximum atomic E-state index is 12.5. The molecule has 2 aromatic rings. The molecule has 1 unspecified atom stereocenters. The number of benzene rings is 2. The molecule has 1 amide bonds. The van der Waals surface area contributed by atoms with Gasteiger partial charge in [-0.05, 0) is 68.0 Å². The number of rotatable bonds is 4. The van der Waals surface area contributed by atoms with Crippen LogP contribution < -0.4 is 5.32 Å². The van der Waals surface area contributed by atoms with E-state index in [1.807, 2.05) is 36.4 Å². The van der Waals surface area contributed by atoms with Crippen molar-refractivity contribution in [3.05, 3.63) is 70.3 Å². The van der Waals surface area contributed by atoms with Crippen molar-refractivity contribution in [3.8, 4) is 0 Å². The van der Waals surface area contributed by atoms with Crippen molar-refractivity contribution < 1.29 is 9.59 Å². The van der Waals surface area contributed by atoms with Crippen LogP contribution in [0.25, 0.3) is 0 Å². The van der Waals surface area contributed by atoms with Crippen molar-refractivity contribution >= 4 is 11.7 Å². The maximum absolute atomic E-state index is 12.5. The minimum atomic E-state index is -0.310. The number of carbonyl (C=O) groups is 2. The van der Waals surface area contributed by atoms with Crippen molar-refractivity contribution in [2.75, 3.05) is 0 Å². The van der Waals surface area contributed by atoms with Gasteiger partial charge in [-0.2, -0.15) is 0 Å². The number of nitrogens with one attached hydrogen (secondary N) is 1. The fourth-order valence-corrected chi connectivity index (χ4v) is 3.62. The molecule has 0 spiro atoms. The van der Waals surface area contributed by atoms with Crippen LogP contribution in [0, 0.1) is 0 Å². The monoisotopic (exact) mass is 321 g/mol. The third-order valence-corrected chi connectivity index (χ3v) is 4.80. The van der Waals surface area contributed by atoms with Gasteiger partial charge < -0.3 is 5.32 Å². The molecule has 1 aliphatic rings. The number of aryl methyl sites for hydroxylation is 1. The maximum Gasteiger partial charge on any atom is 0.251 e. The number of amides is 1. The number of hydrogen-bond acceptors (Lipinski definition) is 2. The lowest BCUT2D eigenvalue weighted by Crippen LogP contribution is -2.46. The van der Waals surface area contributed by atoms with Gasteiger partial charge in [-0.1, -0.05) is 31.2 Å². The van der Waals surface area contributed by atoms with E-state index in [2.05, 4.69) is 25.2 Å². The van der Waals surface area contributed by atoms with Crippen molar-refractivity contribution in [3.63, 3.8) is 0 Å². The Bertz CT molecular complexity index is 795. The molecule has 0 radical (unpaired) electrons. The zero-order chi connectivity index (χ0) is 17.3. The van der Waals surface area contributed by atoms with E-state index >= 15 is 0 Å². The average molecular weight is 321 g/mol. The minimum absolute atomic E-state index is 0.0478. The van der Waals surface area contributed by atoms with E-state index in [1.165, 1.54) is 11.1 Å². The smallest absolute Gasteiger partial charge is 0.251 e. The van der Waals surface area contributed by atoms with Crippen LogP contribution in [-0.4, -0.2) is 17.2 Å². The molecule has 0 saturated carbocycles. The Morgan fingerprint density at radius 3 is 2.29 bits per heavy atom. The van der Waals surface area contributed by atoms with E-state index in [-0.39, 0.29) is 17.2 Å². The van der Waals surface area contributed by atoms with Gasteiger partial charge in [0.15, 0.2) is 5.78 Å². The molecule has 1 N–H and O–H groups in total. The molecule has 2 aromatic carbocycles. The molecule has 124 valence electrons. The second-order valence-electron chi connectivity index (χ2n) is 6.92. The lowest BCUT2D eigenvalue weighted by atomic mass is 9.96. The third-order valence-electron chi connectivity index (χ3n) is 4.80. The summed E-state index contributed by atoms with van der Waals surface area (Å²) in [4.78, 5) is 24.4. The van der Waals surface area contributed by atoms with Crippen LogP contribution in [0.2, 0.25) is 0 Å². The first-order chi connectivity index (χ1) is 11.4. The fraction of sp³-hybridized carbons (Fsp3) is 0.333. The van der Waals surface area contributed by atoms with E-state index < -0.39 is 0 Å². The first-order valence-electron chi connectivity index (χ1n) is 8.45. The molecule has 0 aliphatic heterocycles. The van der Waals surface area contributed by atoms with E-state index in [0.29, 0.717) is 5.56 Å². The normalized spacial score (nSPS) is 19.0. The van der Waals surface area contributed by atoms with Gasteiger partial charge in [0.2, 0.25) is 0 Å². The van der Waals surface area contributed by atoms with Crippen LogP contribution in [-0.2, 0) is 19.3 Å². The Balaban J connectivity index is 1.84. The van der Waals surface area contributed by atoms with Gasteiger partial charge in [0.25, 0.3) is 5.91 Å². The highest BCUT2D eigenvalue weighted by molar-refractivity contribution is 5.96. The number of ketones is 1. The van der Waals surface area contributed by atoms with Gasteiger partial charge >= 0.3 is 0 Å². The highest BCUT2D eigenvalue weighted by Crippen LogP contribution is 2.32. The summed E-state index contributed by atoms with van der Waals surface area (Å²) in [5.41, 5.74) is 4.69. The molecule has 3 heteroatoms. The van der Waals surface area contributed by atoms with Gasteiger partial charge in [-0.15, -0.1) is 0 Å². The Kier molecular flexibility index (Phi) is 4.27. The number of Topliss-reactive ketones (excluding diaryl/α,β-unsaturated/α-hetero) is 1. The summed E-state index contributed by atoms with van der Waals surface area (Å²) in [6.45, 7) is 5.76. The second-order valence-corrected chi connectivity index (χ2v) is 6.92. The van der Waals surface area contributed by atoms with Gasteiger partial charge in [-0.25, -0.2) is 0 Å². The zero-order valence-electron chi connectivity index (χ0n) is 14.5. The summed E-state index contributed by atoms with van der Waals surface area (Å²) >= 11 is 0. The molecule has 0 fully saturated rings. The Labute approximate surface area is 143 Å². The molecule has 1 aliphatic carbocycles. The van der Waals surface area contributed by atoms with E-state index in [4.69, 9.17) is 0 Å². The zero-order valence-corrected chi connectivity index (χ0v) is 14.5. The van der Waals surface area contributed by atoms with E-state index in [9.17, 15) is 9.59 Å². The predicted octanol–water partition coefficient (Wildman–Crippen LogP) is 3.74. The minimum Gasteiger partial charge on any atom is -0.346 e. The van der Waals surface area contributed by atoms with Crippen LogP contribution in [0.1, 0.15) is 58.2 Å². The Morgan fingerprint density at radius 1 is 1.08 bits per heavy atom. The summed E-state index contributed by atoms with van der Waals surface area (Å²) in [5, 5.41) is 3.18. The van der Waals surface area contributed by atoms with Crippen molar-refractivity contribution in [2.45, 2.75) is 45.6 Å². The van der Waals surface area contributed by atoms with Crippen LogP contribution in [0.3, 0.4) is 0 Å². The summed E-state index contributed by atoms with van der Waals surface area (Å²) < 4.78 is 0. The van der Waals surface area contributed by atoms with Crippen LogP contribution >= 0.6 is 0 Å². The van der Waals surface area contributed by atoms with Crippen molar-refractivity contribution in [1.29, 1.82) is 0 Å². The summed E-state index contributed by atoms with van der Waals surface area (Å²) in [7, 11) is 0. The van der Waals surface area contributed by atoms with Gasteiger partial charge in [0.05, 0.1) is 0 Å². The van der Waals surface area contributed by atoms with Crippen LogP contribution in [0.5, 0.6) is 0 Å². The lowest BCUT2D eigenvalue weighted by molar-refractivity contribution is 0.0908. The first-order valence-corrected chi connectivity index (χ1v) is 8.45. The molecule has 3 rings (SSSR count). The second kappa shape index (κ2) is 6.23. The third kappa shape index (κ3) is 3.12. The molecular weight excluding hydrogens is 298 g/mol. The van der Waals surface area contributed by atoms with Gasteiger partial charge in [0, 0.05) is 16.7 Å². The molecular formula is C21H23NO2. The van der Waals surface area contributed by atoms with Gasteiger partial charge in [0.1, 0.15) is 0 Å². The SMILES string of the molecule is CCc1cc2c(cc1C(C)=O)CC(C)(NC(=O)c1ccccc1)C2. The highest BCUT2D eigenvalue weighted by Gasteiger charge is 2.35. The number of fused-ring (bicyclic) bond motifs is 1. The molecule has 1 atom stereocenters. The summed E-state index contributed by atoms with van der Waals surface area (Å²) in [6, 6.07) is 13.5. The first kappa shape index (κ1) is 16.4. The summed E-state index contributed by atoms with van der Waals surface area (Å²) in [5.74, 6) is 0.0602. The van der Waals surface area contributed by atoms with Crippen LogP contribution in [0.15, 0.2) is 42.5 Å². The Morgan fingerprint density at radius 2 is 1.71 bits per heavy atom. The fourth-order valence-electron chi connectivity index (χ4n) is 3.62. The quantitative estimate of drug-likeness (QED) is 0.872. The topological polar surface area (TPSA) is 46.2 Å². The summed E-state index contributed by atoms with van der Waals surface area (Å²) in [6.07, 6.45) is 2.40. The average Bonchev–Trinajstić information content (AvgIpc) is 2.88. The standard InChI is InChI=1S/C21H23NO2/c1-4-15-10-17-12-21(3,13-18(17)11-19(15)14(2)23)22-20(24)16-8-6-5-7-9-16/h5-11H,4,12-13H2,1-3H3,(H,22,24). The van der Waals surface area contributed by atoms with E-state index in [0.717, 1.165) is 30.4 Å². The molecule has 0 heterocycles. The predicted molar refractivity (Wildman–Crippen MR) is 95.5 cm³/mol. The molecule has 24 heavy (non-hydrogen) atoms. The van der Waals surface area contributed by atoms with Crippen molar-refractivity contribution in [1.82, 2.24) is 5.32 Å². The Hall–Kier alpha value is -2.42. The van der Waals surface area contributed by atoms with Crippen molar-refractivity contribution in [2.24, 2.45) is 0 Å². The highest BCUT2D eigenvalue weighted by atomic mass is 16.1. The van der Waals surface area contributed by atoms with E-state index in [1.54, 1.807) is 6.92 Å². The molecule has 0 bridgehead atoms. The molecule has 0 saturated heterocycles. The van der Waals surface area contributed by atoms with Gasteiger partial charge in [-0.3, -0.25) is 9.59 Å². The molecule has 0 aromatic heterocycles. The van der Waals surface area contributed by atoms with Crippen LogP contribution in [0.4, 0.5) is 0 Å². The lowest BCUT2D eigenvalue weighted by Gasteiger charge is -2.25.